The Morgan fingerprint density at radius 3 is 2.32 bits per heavy atom. The fourth-order valence-corrected chi connectivity index (χ4v) is 3.33. The van der Waals surface area contributed by atoms with Crippen LogP contribution in [0.3, 0.4) is 0 Å². The molecule has 0 aliphatic carbocycles. The fourth-order valence-electron chi connectivity index (χ4n) is 3.33. The van der Waals surface area contributed by atoms with Gasteiger partial charge in [0, 0.05) is 37.6 Å². The van der Waals surface area contributed by atoms with Crippen LogP contribution in [0.25, 0.3) is 0 Å². The predicted molar refractivity (Wildman–Crippen MR) is 113 cm³/mol. The van der Waals surface area contributed by atoms with Crippen LogP contribution in [0.1, 0.15) is 11.4 Å². The molecule has 144 valence electrons. The molecular formula is C21H25N7. The Labute approximate surface area is 165 Å². The molecule has 2 aromatic carbocycles. The van der Waals surface area contributed by atoms with Crippen molar-refractivity contribution in [2.45, 2.75) is 13.5 Å². The molecule has 7 nitrogen and oxygen atoms in total. The van der Waals surface area contributed by atoms with Crippen molar-refractivity contribution in [2.24, 2.45) is 0 Å². The molecule has 0 spiro atoms. The summed E-state index contributed by atoms with van der Waals surface area (Å²) in [6.45, 7) is 6.61. The van der Waals surface area contributed by atoms with Crippen molar-refractivity contribution in [3.63, 3.8) is 0 Å². The van der Waals surface area contributed by atoms with Crippen LogP contribution in [0.2, 0.25) is 0 Å². The Balaban J connectivity index is 1.38. The highest BCUT2D eigenvalue weighted by Gasteiger charge is 2.18. The summed E-state index contributed by atoms with van der Waals surface area (Å²) in [4.78, 5) is 17.8. The maximum absolute atomic E-state index is 5.91. The number of piperazine rings is 1. The maximum atomic E-state index is 5.91. The van der Waals surface area contributed by atoms with E-state index < -0.39 is 0 Å². The van der Waals surface area contributed by atoms with Crippen molar-refractivity contribution in [2.75, 3.05) is 42.1 Å². The first-order chi connectivity index (χ1) is 13.7. The largest absolute Gasteiger partial charge is 0.369 e. The van der Waals surface area contributed by atoms with Gasteiger partial charge in [-0.1, -0.05) is 35.9 Å². The van der Waals surface area contributed by atoms with Crippen molar-refractivity contribution in [3.05, 3.63) is 66.0 Å². The van der Waals surface area contributed by atoms with Crippen molar-refractivity contribution in [1.82, 2.24) is 19.9 Å². The van der Waals surface area contributed by atoms with E-state index >= 15 is 0 Å². The molecule has 4 rings (SSSR count). The van der Waals surface area contributed by atoms with E-state index in [1.54, 1.807) is 0 Å². The van der Waals surface area contributed by atoms with Crippen LogP contribution in [0.15, 0.2) is 54.6 Å². The van der Waals surface area contributed by atoms with Crippen LogP contribution in [0, 0.1) is 6.92 Å². The molecule has 28 heavy (non-hydrogen) atoms. The number of nitrogens with two attached hydrogens (primary N) is 1. The highest BCUT2D eigenvalue weighted by atomic mass is 15.3. The predicted octanol–water partition coefficient (Wildman–Crippen LogP) is 2.83. The lowest BCUT2D eigenvalue weighted by molar-refractivity contribution is 0.244. The van der Waals surface area contributed by atoms with Crippen molar-refractivity contribution in [3.8, 4) is 0 Å². The number of nitrogens with one attached hydrogen (secondary N) is 1. The molecule has 3 aromatic rings. The van der Waals surface area contributed by atoms with E-state index in [1.807, 2.05) is 30.3 Å². The highest BCUT2D eigenvalue weighted by molar-refractivity contribution is 5.54. The molecule has 0 radical (unpaired) electrons. The molecule has 0 amide bonds. The van der Waals surface area contributed by atoms with Gasteiger partial charge in [0.2, 0.25) is 11.9 Å². The number of para-hydroxylation sites is 1. The third-order valence-corrected chi connectivity index (χ3v) is 4.87. The minimum Gasteiger partial charge on any atom is -0.369 e. The third kappa shape index (κ3) is 4.55. The van der Waals surface area contributed by atoms with E-state index in [0.29, 0.717) is 18.3 Å². The summed E-state index contributed by atoms with van der Waals surface area (Å²) < 4.78 is 0. The van der Waals surface area contributed by atoms with E-state index in [9.17, 15) is 0 Å². The molecule has 1 fully saturated rings. The molecule has 2 heterocycles. The summed E-state index contributed by atoms with van der Waals surface area (Å²) in [5.41, 5.74) is 9.32. The van der Waals surface area contributed by atoms with E-state index in [0.717, 1.165) is 31.9 Å². The van der Waals surface area contributed by atoms with Crippen molar-refractivity contribution >= 4 is 23.3 Å². The van der Waals surface area contributed by atoms with Gasteiger partial charge in [-0.2, -0.15) is 15.0 Å². The van der Waals surface area contributed by atoms with Gasteiger partial charge in [0.05, 0.1) is 6.54 Å². The molecule has 0 atom stereocenters. The number of rotatable bonds is 5. The standard InChI is InChI=1S/C21H25N7/c1-16-7-9-17(10-8-16)23-21-25-19(24-20(22)26-21)15-27-11-13-28(14-12-27)18-5-3-2-4-6-18/h2-10H,11-15H2,1H3,(H3,22,23,24,25,26). The summed E-state index contributed by atoms with van der Waals surface area (Å²) in [7, 11) is 0. The minimum absolute atomic E-state index is 0.238. The fraction of sp³-hybridized carbons (Fsp3) is 0.286. The maximum Gasteiger partial charge on any atom is 0.232 e. The Hall–Kier alpha value is -3.19. The average Bonchev–Trinajstić information content (AvgIpc) is 2.71. The minimum atomic E-state index is 0.238. The van der Waals surface area contributed by atoms with Gasteiger partial charge in [-0.3, -0.25) is 4.90 Å². The Morgan fingerprint density at radius 1 is 0.893 bits per heavy atom. The van der Waals surface area contributed by atoms with Crippen molar-refractivity contribution in [1.29, 1.82) is 0 Å². The van der Waals surface area contributed by atoms with E-state index in [4.69, 9.17) is 5.73 Å². The van der Waals surface area contributed by atoms with E-state index in [-0.39, 0.29) is 5.95 Å². The van der Waals surface area contributed by atoms with Gasteiger partial charge < -0.3 is 16.0 Å². The van der Waals surface area contributed by atoms with Crippen LogP contribution in [-0.2, 0) is 6.54 Å². The Kier molecular flexibility index (Phi) is 5.34. The van der Waals surface area contributed by atoms with Gasteiger partial charge in [0.25, 0.3) is 0 Å². The van der Waals surface area contributed by atoms with Gasteiger partial charge in [-0.25, -0.2) is 0 Å². The van der Waals surface area contributed by atoms with Crippen LogP contribution in [0.4, 0.5) is 23.3 Å². The van der Waals surface area contributed by atoms with E-state index in [1.165, 1.54) is 11.3 Å². The topological polar surface area (TPSA) is 83.2 Å². The number of aryl methyl sites for hydroxylation is 1. The first kappa shape index (κ1) is 18.2. The number of benzene rings is 2. The first-order valence-electron chi connectivity index (χ1n) is 9.52. The molecule has 1 aromatic heterocycles. The lowest BCUT2D eigenvalue weighted by atomic mass is 10.2. The summed E-state index contributed by atoms with van der Waals surface area (Å²) in [6.07, 6.45) is 0. The lowest BCUT2D eigenvalue weighted by Crippen LogP contribution is -2.46. The number of hydrogen-bond donors (Lipinski definition) is 2. The zero-order valence-corrected chi connectivity index (χ0v) is 16.0. The smallest absolute Gasteiger partial charge is 0.232 e. The third-order valence-electron chi connectivity index (χ3n) is 4.87. The van der Waals surface area contributed by atoms with E-state index in [2.05, 4.69) is 61.3 Å². The van der Waals surface area contributed by atoms with Crippen LogP contribution in [0.5, 0.6) is 0 Å². The molecular weight excluding hydrogens is 350 g/mol. The van der Waals surface area contributed by atoms with Gasteiger partial charge in [-0.15, -0.1) is 0 Å². The summed E-state index contributed by atoms with van der Waals surface area (Å²) in [5.74, 6) is 1.41. The summed E-state index contributed by atoms with van der Waals surface area (Å²) >= 11 is 0. The lowest BCUT2D eigenvalue weighted by Gasteiger charge is -2.35. The van der Waals surface area contributed by atoms with Gasteiger partial charge in [0.1, 0.15) is 5.82 Å². The second kappa shape index (κ2) is 8.22. The molecule has 1 saturated heterocycles. The number of nitrogen functional groups attached to an aromatic ring is 1. The normalized spacial score (nSPS) is 14.8. The second-order valence-corrected chi connectivity index (χ2v) is 7.02. The molecule has 7 heteroatoms. The number of aromatic nitrogens is 3. The van der Waals surface area contributed by atoms with Crippen molar-refractivity contribution < 1.29 is 0 Å². The molecule has 3 N–H and O–H groups in total. The number of anilines is 4. The van der Waals surface area contributed by atoms with Gasteiger partial charge in [-0.05, 0) is 31.2 Å². The Morgan fingerprint density at radius 2 is 1.61 bits per heavy atom. The SMILES string of the molecule is Cc1ccc(Nc2nc(N)nc(CN3CCN(c4ccccc4)CC3)n2)cc1. The zero-order valence-electron chi connectivity index (χ0n) is 16.0. The molecule has 0 saturated carbocycles. The van der Waals surface area contributed by atoms with Gasteiger partial charge in [0.15, 0.2) is 0 Å². The van der Waals surface area contributed by atoms with Crippen LogP contribution < -0.4 is 16.0 Å². The number of nitrogens with zero attached hydrogens (tertiary/aromatic N) is 5. The molecule has 0 bridgehead atoms. The Bertz CT molecular complexity index is 904. The monoisotopic (exact) mass is 375 g/mol. The molecule has 1 aliphatic heterocycles. The second-order valence-electron chi connectivity index (χ2n) is 7.02. The van der Waals surface area contributed by atoms with Gasteiger partial charge >= 0.3 is 0 Å². The quantitative estimate of drug-likeness (QED) is 0.709. The van der Waals surface area contributed by atoms with Crippen LogP contribution >= 0.6 is 0 Å². The summed E-state index contributed by atoms with van der Waals surface area (Å²) in [5, 5.41) is 3.21. The summed E-state index contributed by atoms with van der Waals surface area (Å²) in [6, 6.07) is 18.6. The highest BCUT2D eigenvalue weighted by Crippen LogP contribution is 2.18. The number of hydrogen-bond acceptors (Lipinski definition) is 7. The first-order valence-corrected chi connectivity index (χ1v) is 9.52. The molecule has 1 aliphatic rings. The molecule has 0 unspecified atom stereocenters. The van der Waals surface area contributed by atoms with Crippen LogP contribution in [-0.4, -0.2) is 46.0 Å². The zero-order chi connectivity index (χ0) is 19.3. The average molecular weight is 375 g/mol.